The van der Waals surface area contributed by atoms with E-state index in [4.69, 9.17) is 9.47 Å². The number of rotatable bonds is 7. The number of hydrogen-bond acceptors (Lipinski definition) is 5. The van der Waals surface area contributed by atoms with Gasteiger partial charge >= 0.3 is 5.97 Å². The highest BCUT2D eigenvalue weighted by atomic mass is 16.6. The highest BCUT2D eigenvalue weighted by molar-refractivity contribution is 5.71. The van der Waals surface area contributed by atoms with Crippen molar-refractivity contribution in [2.45, 2.75) is 13.8 Å². The molecule has 0 atom stereocenters. The van der Waals surface area contributed by atoms with E-state index in [-0.39, 0.29) is 18.5 Å². The molecule has 0 saturated heterocycles. The fourth-order valence-electron chi connectivity index (χ4n) is 1.69. The number of azo groups is 1. The van der Waals surface area contributed by atoms with E-state index in [1.54, 1.807) is 13.8 Å². The third-order valence-electron chi connectivity index (χ3n) is 2.94. The van der Waals surface area contributed by atoms with Crippen molar-refractivity contribution in [3.05, 3.63) is 54.6 Å². The third kappa shape index (κ3) is 5.90. The van der Waals surface area contributed by atoms with Crippen LogP contribution in [0.2, 0.25) is 0 Å². The van der Waals surface area contributed by atoms with E-state index in [0.717, 1.165) is 11.4 Å². The molecule has 0 unspecified atom stereocenters. The Bertz CT molecular complexity index is 637. The molecule has 0 heterocycles. The summed E-state index contributed by atoms with van der Waals surface area (Å²) in [7, 11) is 0. The zero-order valence-corrected chi connectivity index (χ0v) is 13.3. The van der Waals surface area contributed by atoms with Gasteiger partial charge in [-0.05, 0) is 36.4 Å². The van der Waals surface area contributed by atoms with Gasteiger partial charge in [0.25, 0.3) is 0 Å². The summed E-state index contributed by atoms with van der Waals surface area (Å²) in [6.07, 6.45) is 0. The van der Waals surface area contributed by atoms with Gasteiger partial charge in [-0.2, -0.15) is 10.2 Å². The van der Waals surface area contributed by atoms with Crippen molar-refractivity contribution in [1.29, 1.82) is 0 Å². The molecule has 0 N–H and O–H groups in total. The van der Waals surface area contributed by atoms with E-state index in [9.17, 15) is 4.79 Å². The molecule has 23 heavy (non-hydrogen) atoms. The Morgan fingerprint density at radius 3 is 2.13 bits per heavy atom. The van der Waals surface area contributed by atoms with Crippen LogP contribution in [0, 0.1) is 5.92 Å². The topological polar surface area (TPSA) is 60.2 Å². The number of ether oxygens (including phenoxy) is 2. The zero-order valence-electron chi connectivity index (χ0n) is 13.3. The van der Waals surface area contributed by atoms with Gasteiger partial charge < -0.3 is 9.47 Å². The molecule has 0 spiro atoms. The van der Waals surface area contributed by atoms with E-state index >= 15 is 0 Å². The molecule has 0 aliphatic carbocycles. The van der Waals surface area contributed by atoms with Gasteiger partial charge in [0.1, 0.15) is 19.0 Å². The first kappa shape index (κ1) is 16.7. The monoisotopic (exact) mass is 312 g/mol. The maximum absolute atomic E-state index is 11.3. The molecule has 2 aromatic carbocycles. The molecular weight excluding hydrogens is 292 g/mol. The second kappa shape index (κ2) is 8.68. The first-order valence-electron chi connectivity index (χ1n) is 7.51. The predicted molar refractivity (Wildman–Crippen MR) is 88.4 cm³/mol. The van der Waals surface area contributed by atoms with Crippen LogP contribution < -0.4 is 4.74 Å². The van der Waals surface area contributed by atoms with Crippen LogP contribution in [0.5, 0.6) is 5.75 Å². The summed E-state index contributed by atoms with van der Waals surface area (Å²) >= 11 is 0. The molecule has 0 bridgehead atoms. The van der Waals surface area contributed by atoms with E-state index in [1.165, 1.54) is 0 Å². The van der Waals surface area contributed by atoms with Crippen LogP contribution in [0.4, 0.5) is 11.4 Å². The fourth-order valence-corrected chi connectivity index (χ4v) is 1.69. The van der Waals surface area contributed by atoms with E-state index in [0.29, 0.717) is 12.4 Å². The van der Waals surface area contributed by atoms with Crippen molar-refractivity contribution in [2.75, 3.05) is 13.2 Å². The first-order chi connectivity index (χ1) is 11.1. The average Bonchev–Trinajstić information content (AvgIpc) is 2.58. The summed E-state index contributed by atoms with van der Waals surface area (Å²) in [6.45, 7) is 4.16. The smallest absolute Gasteiger partial charge is 0.308 e. The lowest BCUT2D eigenvalue weighted by Gasteiger charge is -2.08. The van der Waals surface area contributed by atoms with Crippen molar-refractivity contribution in [3.63, 3.8) is 0 Å². The lowest BCUT2D eigenvalue weighted by atomic mass is 10.2. The highest BCUT2D eigenvalue weighted by Crippen LogP contribution is 2.21. The lowest BCUT2D eigenvalue weighted by Crippen LogP contribution is -2.16. The van der Waals surface area contributed by atoms with E-state index in [1.807, 2.05) is 54.6 Å². The highest BCUT2D eigenvalue weighted by Gasteiger charge is 2.07. The molecule has 0 saturated carbocycles. The maximum Gasteiger partial charge on any atom is 0.308 e. The van der Waals surface area contributed by atoms with Gasteiger partial charge in [-0.25, -0.2) is 0 Å². The molecule has 0 fully saturated rings. The van der Waals surface area contributed by atoms with Crippen molar-refractivity contribution >= 4 is 17.3 Å². The van der Waals surface area contributed by atoms with Crippen molar-refractivity contribution in [3.8, 4) is 5.75 Å². The largest absolute Gasteiger partial charge is 0.490 e. The molecule has 2 rings (SSSR count). The molecule has 5 nitrogen and oxygen atoms in total. The van der Waals surface area contributed by atoms with Gasteiger partial charge in [-0.1, -0.05) is 32.0 Å². The number of carbonyl (C=O) groups is 1. The number of esters is 1. The van der Waals surface area contributed by atoms with Crippen molar-refractivity contribution in [2.24, 2.45) is 16.1 Å². The van der Waals surface area contributed by atoms with Crippen LogP contribution in [0.15, 0.2) is 64.8 Å². The summed E-state index contributed by atoms with van der Waals surface area (Å²) in [5.41, 5.74) is 1.55. The molecule has 0 aliphatic heterocycles. The minimum absolute atomic E-state index is 0.121. The number of nitrogens with zero attached hydrogens (tertiary/aromatic N) is 2. The Hall–Kier alpha value is -2.69. The Kier molecular flexibility index (Phi) is 6.29. The van der Waals surface area contributed by atoms with Crippen LogP contribution in [-0.2, 0) is 9.53 Å². The SMILES string of the molecule is CC(C)C(=O)OCCOc1ccc(N=Nc2ccccc2)cc1. The number of benzene rings is 2. The predicted octanol–water partition coefficient (Wildman–Crippen LogP) is 4.68. The quantitative estimate of drug-likeness (QED) is 0.423. The van der Waals surface area contributed by atoms with E-state index < -0.39 is 0 Å². The standard InChI is InChI=1S/C18H20N2O3/c1-14(2)18(21)23-13-12-22-17-10-8-16(9-11-17)20-19-15-6-4-3-5-7-15/h3-11,14H,12-13H2,1-2H3. The molecular formula is C18H20N2O3. The summed E-state index contributed by atoms with van der Waals surface area (Å²) in [5, 5.41) is 8.30. The van der Waals surface area contributed by atoms with Crippen LogP contribution in [0.1, 0.15) is 13.8 Å². The van der Waals surface area contributed by atoms with Crippen LogP contribution in [-0.4, -0.2) is 19.2 Å². The summed E-state index contributed by atoms with van der Waals surface area (Å²) in [4.78, 5) is 11.3. The molecule has 0 aliphatic rings. The molecule has 0 radical (unpaired) electrons. The summed E-state index contributed by atoms with van der Waals surface area (Å²) in [6, 6.07) is 16.8. The van der Waals surface area contributed by atoms with Crippen molar-refractivity contribution < 1.29 is 14.3 Å². The Balaban J connectivity index is 1.78. The van der Waals surface area contributed by atoms with Gasteiger partial charge in [0.05, 0.1) is 17.3 Å². The van der Waals surface area contributed by atoms with Crippen LogP contribution in [0.25, 0.3) is 0 Å². The summed E-state index contributed by atoms with van der Waals surface area (Å²) in [5.74, 6) is 0.360. The molecule has 120 valence electrons. The van der Waals surface area contributed by atoms with Gasteiger partial charge in [0.15, 0.2) is 0 Å². The summed E-state index contributed by atoms with van der Waals surface area (Å²) < 4.78 is 10.5. The maximum atomic E-state index is 11.3. The molecule has 0 aromatic heterocycles. The van der Waals surface area contributed by atoms with Crippen LogP contribution >= 0.6 is 0 Å². The molecule has 2 aromatic rings. The van der Waals surface area contributed by atoms with Gasteiger partial charge in [0, 0.05) is 0 Å². The third-order valence-corrected chi connectivity index (χ3v) is 2.94. The minimum Gasteiger partial charge on any atom is -0.490 e. The second-order valence-corrected chi connectivity index (χ2v) is 5.20. The Morgan fingerprint density at radius 1 is 0.913 bits per heavy atom. The van der Waals surface area contributed by atoms with Gasteiger partial charge in [-0.15, -0.1) is 0 Å². The molecule has 0 amide bonds. The fraction of sp³-hybridized carbons (Fsp3) is 0.278. The zero-order chi connectivity index (χ0) is 16.5. The first-order valence-corrected chi connectivity index (χ1v) is 7.51. The van der Waals surface area contributed by atoms with Gasteiger partial charge in [0.2, 0.25) is 0 Å². The van der Waals surface area contributed by atoms with Gasteiger partial charge in [-0.3, -0.25) is 4.79 Å². The number of carbonyl (C=O) groups excluding carboxylic acids is 1. The number of hydrogen-bond donors (Lipinski definition) is 0. The normalized spacial score (nSPS) is 10.9. The second-order valence-electron chi connectivity index (χ2n) is 5.20. The average molecular weight is 312 g/mol. The van der Waals surface area contributed by atoms with Crippen molar-refractivity contribution in [1.82, 2.24) is 0 Å². The lowest BCUT2D eigenvalue weighted by molar-refractivity contribution is -0.148. The van der Waals surface area contributed by atoms with E-state index in [2.05, 4.69) is 10.2 Å². The molecule has 5 heteroatoms. The Labute approximate surface area is 136 Å². The minimum atomic E-state index is -0.217. The Morgan fingerprint density at radius 2 is 1.52 bits per heavy atom. The van der Waals surface area contributed by atoms with Crippen LogP contribution in [0.3, 0.4) is 0 Å².